The minimum Gasteiger partial charge on any atom is -0.493 e. The highest BCUT2D eigenvalue weighted by Gasteiger charge is 2.19. The van der Waals surface area contributed by atoms with Gasteiger partial charge in [-0.3, -0.25) is 0 Å². The number of hydrogen-bond donors (Lipinski definition) is 1. The maximum Gasteiger partial charge on any atom is 0.159 e. The van der Waals surface area contributed by atoms with E-state index in [0.29, 0.717) is 6.54 Å². The van der Waals surface area contributed by atoms with Crippen molar-refractivity contribution in [2.45, 2.75) is 32.7 Å². The molecule has 15 heavy (non-hydrogen) atoms. The molecule has 0 aliphatic heterocycles. The third-order valence-corrected chi connectivity index (χ3v) is 2.06. The van der Waals surface area contributed by atoms with Crippen LogP contribution in [-0.2, 0) is 12.0 Å². The maximum atomic E-state index is 5.20. The first-order chi connectivity index (χ1) is 6.99. The predicted molar refractivity (Wildman–Crippen MR) is 60.0 cm³/mol. The molecule has 1 aromatic rings. The Labute approximate surface area is 91.1 Å². The largest absolute Gasteiger partial charge is 0.493 e. The molecular weight excluding hydrogens is 190 g/mol. The summed E-state index contributed by atoms with van der Waals surface area (Å²) in [4.78, 5) is 8.81. The average Bonchev–Trinajstić information content (AvgIpc) is 2.17. The van der Waals surface area contributed by atoms with Crippen LogP contribution in [0.1, 0.15) is 32.3 Å². The van der Waals surface area contributed by atoms with Crippen molar-refractivity contribution in [1.29, 1.82) is 0 Å². The van der Waals surface area contributed by atoms with E-state index >= 15 is 0 Å². The van der Waals surface area contributed by atoms with E-state index in [4.69, 9.17) is 4.74 Å². The van der Waals surface area contributed by atoms with Gasteiger partial charge < -0.3 is 10.1 Å². The third kappa shape index (κ3) is 2.89. The van der Waals surface area contributed by atoms with E-state index in [1.807, 2.05) is 7.05 Å². The monoisotopic (exact) mass is 209 g/mol. The summed E-state index contributed by atoms with van der Waals surface area (Å²) in [5, 5.41) is 3.07. The Kier molecular flexibility index (Phi) is 3.63. The highest BCUT2D eigenvalue weighted by Crippen LogP contribution is 2.21. The van der Waals surface area contributed by atoms with E-state index in [0.717, 1.165) is 17.3 Å². The predicted octanol–water partition coefficient (Wildman–Crippen LogP) is 1.50. The summed E-state index contributed by atoms with van der Waals surface area (Å²) < 4.78 is 5.20. The van der Waals surface area contributed by atoms with Crippen LogP contribution >= 0.6 is 0 Å². The first-order valence-corrected chi connectivity index (χ1v) is 5.04. The van der Waals surface area contributed by atoms with Gasteiger partial charge >= 0.3 is 0 Å². The number of aromatic nitrogens is 2. The van der Waals surface area contributed by atoms with Crippen LogP contribution in [-0.4, -0.2) is 24.1 Å². The van der Waals surface area contributed by atoms with Gasteiger partial charge in [-0.2, -0.15) is 0 Å². The van der Waals surface area contributed by atoms with Crippen molar-refractivity contribution >= 4 is 0 Å². The molecule has 0 saturated carbocycles. The first-order valence-electron chi connectivity index (χ1n) is 5.04. The average molecular weight is 209 g/mol. The maximum absolute atomic E-state index is 5.20. The smallest absolute Gasteiger partial charge is 0.159 e. The van der Waals surface area contributed by atoms with Crippen LogP contribution in [0.5, 0.6) is 5.75 Å². The van der Waals surface area contributed by atoms with E-state index in [1.54, 1.807) is 13.3 Å². The Bertz CT molecular complexity index is 331. The molecule has 0 radical (unpaired) electrons. The van der Waals surface area contributed by atoms with Crippen LogP contribution in [0.2, 0.25) is 0 Å². The van der Waals surface area contributed by atoms with Crippen molar-refractivity contribution < 1.29 is 4.74 Å². The van der Waals surface area contributed by atoms with E-state index in [1.165, 1.54) is 0 Å². The van der Waals surface area contributed by atoms with Gasteiger partial charge in [0.05, 0.1) is 19.0 Å². The van der Waals surface area contributed by atoms with Gasteiger partial charge in [-0.1, -0.05) is 20.8 Å². The lowest BCUT2D eigenvalue weighted by molar-refractivity contribution is 0.399. The normalized spacial score (nSPS) is 11.5. The Morgan fingerprint density at radius 2 is 2.07 bits per heavy atom. The lowest BCUT2D eigenvalue weighted by Gasteiger charge is -2.18. The van der Waals surface area contributed by atoms with Gasteiger partial charge in [-0.25, -0.2) is 9.97 Å². The summed E-state index contributed by atoms with van der Waals surface area (Å²) in [6.07, 6.45) is 1.74. The SMILES string of the molecule is CNCc1nc(C(C)(C)C)ncc1OC. The summed E-state index contributed by atoms with van der Waals surface area (Å²) in [6, 6.07) is 0. The van der Waals surface area contributed by atoms with Gasteiger partial charge in [0, 0.05) is 12.0 Å². The van der Waals surface area contributed by atoms with Gasteiger partial charge in [0.2, 0.25) is 0 Å². The van der Waals surface area contributed by atoms with Crippen molar-refractivity contribution in [2.75, 3.05) is 14.2 Å². The van der Waals surface area contributed by atoms with Crippen LogP contribution in [0.25, 0.3) is 0 Å². The molecule has 0 unspecified atom stereocenters. The molecule has 1 heterocycles. The standard InChI is InChI=1S/C11H19N3O/c1-11(2,3)10-13-7-9(15-5)8(14-10)6-12-4/h7,12H,6H2,1-5H3. The lowest BCUT2D eigenvalue weighted by Crippen LogP contribution is -2.19. The van der Waals surface area contributed by atoms with Crippen molar-refractivity contribution in [2.24, 2.45) is 0 Å². The summed E-state index contributed by atoms with van der Waals surface area (Å²) in [7, 11) is 3.52. The molecule has 0 aliphatic carbocycles. The molecule has 1 N–H and O–H groups in total. The number of ether oxygens (including phenoxy) is 1. The van der Waals surface area contributed by atoms with Crippen LogP contribution in [0, 0.1) is 0 Å². The molecule has 0 saturated heterocycles. The molecule has 0 spiro atoms. The molecule has 4 nitrogen and oxygen atoms in total. The fraction of sp³-hybridized carbons (Fsp3) is 0.636. The first kappa shape index (κ1) is 11.9. The van der Waals surface area contributed by atoms with Crippen molar-refractivity contribution in [3.8, 4) is 5.75 Å². The highest BCUT2D eigenvalue weighted by molar-refractivity contribution is 5.25. The fourth-order valence-electron chi connectivity index (χ4n) is 1.23. The van der Waals surface area contributed by atoms with Crippen molar-refractivity contribution in [3.05, 3.63) is 17.7 Å². The lowest BCUT2D eigenvalue weighted by atomic mass is 9.95. The van der Waals surface area contributed by atoms with Crippen LogP contribution < -0.4 is 10.1 Å². The molecule has 0 amide bonds. The van der Waals surface area contributed by atoms with E-state index in [-0.39, 0.29) is 5.41 Å². The molecule has 0 fully saturated rings. The summed E-state index contributed by atoms with van der Waals surface area (Å²) >= 11 is 0. The second-order valence-corrected chi connectivity index (χ2v) is 4.49. The minimum absolute atomic E-state index is 0.0330. The summed E-state index contributed by atoms with van der Waals surface area (Å²) in [5.74, 6) is 1.57. The Balaban J connectivity index is 3.10. The molecule has 0 atom stereocenters. The van der Waals surface area contributed by atoms with Gasteiger partial charge in [-0.05, 0) is 7.05 Å². The zero-order valence-electron chi connectivity index (χ0n) is 10.1. The highest BCUT2D eigenvalue weighted by atomic mass is 16.5. The van der Waals surface area contributed by atoms with Gasteiger partial charge in [0.25, 0.3) is 0 Å². The van der Waals surface area contributed by atoms with E-state index in [2.05, 4.69) is 36.1 Å². The molecular formula is C11H19N3O. The number of nitrogens with one attached hydrogen (secondary N) is 1. The van der Waals surface area contributed by atoms with Gasteiger partial charge in [0.1, 0.15) is 5.82 Å². The van der Waals surface area contributed by atoms with E-state index in [9.17, 15) is 0 Å². The van der Waals surface area contributed by atoms with E-state index < -0.39 is 0 Å². The summed E-state index contributed by atoms with van der Waals surface area (Å²) in [6.45, 7) is 6.97. The number of nitrogens with zero attached hydrogens (tertiary/aromatic N) is 2. The quantitative estimate of drug-likeness (QED) is 0.819. The molecule has 0 aromatic carbocycles. The number of methoxy groups -OCH3 is 1. The second kappa shape index (κ2) is 4.57. The fourth-order valence-corrected chi connectivity index (χ4v) is 1.23. The van der Waals surface area contributed by atoms with Crippen LogP contribution in [0.15, 0.2) is 6.20 Å². The number of rotatable bonds is 3. The van der Waals surface area contributed by atoms with Gasteiger partial charge in [-0.15, -0.1) is 0 Å². The molecule has 0 aliphatic rings. The molecule has 4 heteroatoms. The number of hydrogen-bond acceptors (Lipinski definition) is 4. The second-order valence-electron chi connectivity index (χ2n) is 4.49. The zero-order chi connectivity index (χ0) is 11.5. The topological polar surface area (TPSA) is 47.0 Å². The van der Waals surface area contributed by atoms with Crippen molar-refractivity contribution in [3.63, 3.8) is 0 Å². The zero-order valence-corrected chi connectivity index (χ0v) is 10.1. The van der Waals surface area contributed by atoms with Gasteiger partial charge in [0.15, 0.2) is 5.75 Å². The molecule has 84 valence electrons. The third-order valence-electron chi connectivity index (χ3n) is 2.06. The molecule has 1 rings (SSSR count). The van der Waals surface area contributed by atoms with Crippen molar-refractivity contribution in [1.82, 2.24) is 15.3 Å². The van der Waals surface area contributed by atoms with Crippen LogP contribution in [0.4, 0.5) is 0 Å². The Morgan fingerprint density at radius 3 is 2.53 bits per heavy atom. The minimum atomic E-state index is -0.0330. The Hall–Kier alpha value is -1.16. The Morgan fingerprint density at radius 1 is 1.40 bits per heavy atom. The molecule has 1 aromatic heterocycles. The van der Waals surface area contributed by atoms with Crippen LogP contribution in [0.3, 0.4) is 0 Å². The summed E-state index contributed by atoms with van der Waals surface area (Å²) in [5.41, 5.74) is 0.870. The molecule has 0 bridgehead atoms.